The van der Waals surface area contributed by atoms with Gasteiger partial charge in [-0.25, -0.2) is 0 Å². The first-order valence-electron chi connectivity index (χ1n) is 5.21. The van der Waals surface area contributed by atoms with Crippen LogP contribution < -0.4 is 14.8 Å². The third-order valence-corrected chi connectivity index (χ3v) is 3.86. The molecule has 0 unspecified atom stereocenters. The summed E-state index contributed by atoms with van der Waals surface area (Å²) in [6.45, 7) is 0. The van der Waals surface area contributed by atoms with Crippen molar-refractivity contribution in [2.75, 3.05) is 14.2 Å². The molecule has 0 radical (unpaired) electrons. The fourth-order valence-electron chi connectivity index (χ4n) is 1.56. The third kappa shape index (κ3) is 2.93. The van der Waals surface area contributed by atoms with Crippen molar-refractivity contribution in [1.82, 2.24) is 5.32 Å². The molecule has 1 aromatic rings. The van der Waals surface area contributed by atoms with Gasteiger partial charge < -0.3 is 9.47 Å². The predicted molar refractivity (Wildman–Crippen MR) is 76.4 cm³/mol. The van der Waals surface area contributed by atoms with Gasteiger partial charge in [0.1, 0.15) is 11.5 Å². The highest BCUT2D eigenvalue weighted by Crippen LogP contribution is 2.35. The molecule has 0 aliphatic carbocycles. The first-order valence-corrected chi connectivity index (χ1v) is 6.82. The number of rotatable bonds is 3. The molecule has 0 atom stereocenters. The molecule has 100 valence electrons. The Morgan fingerprint density at radius 2 is 1.89 bits per heavy atom. The Balaban J connectivity index is 2.45. The molecule has 5 nitrogen and oxygen atoms in total. The zero-order chi connectivity index (χ0) is 14.0. The number of imide groups is 1. The van der Waals surface area contributed by atoms with E-state index < -0.39 is 5.91 Å². The molecule has 0 saturated carbocycles. The predicted octanol–water partition coefficient (Wildman–Crippen LogP) is 2.79. The number of carbonyl (C=O) groups is 2. The van der Waals surface area contributed by atoms with Gasteiger partial charge in [0.05, 0.1) is 23.6 Å². The van der Waals surface area contributed by atoms with Gasteiger partial charge in [-0.1, -0.05) is 0 Å². The van der Waals surface area contributed by atoms with E-state index in [4.69, 9.17) is 9.47 Å². The smallest absolute Gasteiger partial charge is 0.290 e. The van der Waals surface area contributed by atoms with Crippen LogP contribution in [-0.2, 0) is 4.79 Å². The van der Waals surface area contributed by atoms with E-state index in [-0.39, 0.29) is 5.24 Å². The molecule has 1 fully saturated rings. The van der Waals surface area contributed by atoms with Gasteiger partial charge in [0.15, 0.2) is 0 Å². The normalized spacial score (nSPS) is 16.7. The quantitative estimate of drug-likeness (QED) is 0.855. The van der Waals surface area contributed by atoms with Crippen LogP contribution in [0, 0.1) is 0 Å². The topological polar surface area (TPSA) is 64.6 Å². The van der Waals surface area contributed by atoms with Crippen LogP contribution >= 0.6 is 27.7 Å². The first-order chi connectivity index (χ1) is 9.05. The number of amides is 2. The fourth-order valence-corrected chi connectivity index (χ4v) is 2.75. The van der Waals surface area contributed by atoms with Gasteiger partial charge in [0.2, 0.25) is 0 Å². The summed E-state index contributed by atoms with van der Waals surface area (Å²) in [5.74, 6) is 0.780. The second-order valence-electron chi connectivity index (χ2n) is 3.58. The number of carbonyl (C=O) groups excluding carboxylic acids is 2. The van der Waals surface area contributed by atoms with Gasteiger partial charge in [-0.2, -0.15) is 0 Å². The summed E-state index contributed by atoms with van der Waals surface area (Å²) >= 11 is 4.23. The van der Waals surface area contributed by atoms with Crippen molar-refractivity contribution in [1.29, 1.82) is 0 Å². The minimum Gasteiger partial charge on any atom is -0.496 e. The van der Waals surface area contributed by atoms with Gasteiger partial charge in [0.25, 0.3) is 11.1 Å². The van der Waals surface area contributed by atoms with Crippen molar-refractivity contribution in [3.05, 3.63) is 27.1 Å². The van der Waals surface area contributed by atoms with E-state index in [9.17, 15) is 9.59 Å². The molecule has 7 heteroatoms. The van der Waals surface area contributed by atoms with E-state index in [1.807, 2.05) is 0 Å². The van der Waals surface area contributed by atoms with Crippen LogP contribution in [0.3, 0.4) is 0 Å². The first kappa shape index (κ1) is 14.0. The maximum atomic E-state index is 11.5. The fraction of sp³-hybridized carbons (Fsp3) is 0.167. The van der Waals surface area contributed by atoms with E-state index >= 15 is 0 Å². The van der Waals surface area contributed by atoms with Crippen molar-refractivity contribution in [3.8, 4) is 11.5 Å². The molecular formula is C12H10BrNO4S. The van der Waals surface area contributed by atoms with E-state index in [0.717, 1.165) is 16.2 Å². The summed E-state index contributed by atoms with van der Waals surface area (Å²) in [6, 6.07) is 3.47. The Hall–Kier alpha value is -1.47. The average molecular weight is 344 g/mol. The van der Waals surface area contributed by atoms with Crippen LogP contribution in [0.15, 0.2) is 21.5 Å². The van der Waals surface area contributed by atoms with Crippen molar-refractivity contribution >= 4 is 44.9 Å². The second-order valence-corrected chi connectivity index (χ2v) is 5.45. The van der Waals surface area contributed by atoms with Crippen LogP contribution in [0.4, 0.5) is 4.79 Å². The summed E-state index contributed by atoms with van der Waals surface area (Å²) in [5.41, 5.74) is 0.683. The monoisotopic (exact) mass is 343 g/mol. The molecule has 0 aromatic heterocycles. The molecule has 2 amide bonds. The average Bonchev–Trinajstić information content (AvgIpc) is 2.68. The number of hydrogen-bond acceptors (Lipinski definition) is 5. The molecule has 1 heterocycles. The van der Waals surface area contributed by atoms with E-state index in [1.54, 1.807) is 25.3 Å². The molecule has 2 rings (SSSR count). The Kier molecular flexibility index (Phi) is 4.16. The summed E-state index contributed by atoms with van der Waals surface area (Å²) in [6.07, 6.45) is 1.61. The van der Waals surface area contributed by atoms with Gasteiger partial charge >= 0.3 is 0 Å². The van der Waals surface area contributed by atoms with Gasteiger partial charge in [-0.15, -0.1) is 0 Å². The molecule has 0 spiro atoms. The highest BCUT2D eigenvalue weighted by molar-refractivity contribution is 9.10. The molecule has 1 aliphatic rings. The largest absolute Gasteiger partial charge is 0.496 e. The molecule has 19 heavy (non-hydrogen) atoms. The number of ether oxygens (including phenoxy) is 2. The number of nitrogens with one attached hydrogen (secondary N) is 1. The lowest BCUT2D eigenvalue weighted by atomic mass is 10.1. The second kappa shape index (κ2) is 5.66. The van der Waals surface area contributed by atoms with Crippen molar-refractivity contribution in [3.63, 3.8) is 0 Å². The maximum absolute atomic E-state index is 11.5. The zero-order valence-electron chi connectivity index (χ0n) is 10.2. The molecule has 1 N–H and O–H groups in total. The lowest BCUT2D eigenvalue weighted by molar-refractivity contribution is -0.115. The molecular weight excluding hydrogens is 334 g/mol. The van der Waals surface area contributed by atoms with Gasteiger partial charge in [-0.3, -0.25) is 14.9 Å². The zero-order valence-corrected chi connectivity index (χ0v) is 12.6. The lowest BCUT2D eigenvalue weighted by Crippen LogP contribution is -2.17. The number of benzene rings is 1. The van der Waals surface area contributed by atoms with Gasteiger partial charge in [0, 0.05) is 11.6 Å². The van der Waals surface area contributed by atoms with Crippen LogP contribution in [0.2, 0.25) is 0 Å². The maximum Gasteiger partial charge on any atom is 0.290 e. The lowest BCUT2D eigenvalue weighted by Gasteiger charge is -2.10. The Bertz CT molecular complexity index is 585. The minimum atomic E-state index is -0.399. The highest BCUT2D eigenvalue weighted by Gasteiger charge is 2.25. The van der Waals surface area contributed by atoms with Crippen LogP contribution in [0.1, 0.15) is 5.56 Å². The minimum absolute atomic E-state index is 0.334. The molecule has 1 aliphatic heterocycles. The third-order valence-electron chi connectivity index (χ3n) is 2.43. The summed E-state index contributed by atoms with van der Waals surface area (Å²) in [5, 5.41) is 1.83. The number of methoxy groups -OCH3 is 2. The van der Waals surface area contributed by atoms with Gasteiger partial charge in [-0.05, 0) is 39.8 Å². The highest BCUT2D eigenvalue weighted by atomic mass is 79.9. The Morgan fingerprint density at radius 3 is 2.42 bits per heavy atom. The van der Waals surface area contributed by atoms with Crippen molar-refractivity contribution in [2.24, 2.45) is 0 Å². The Labute approximate surface area is 122 Å². The SMILES string of the molecule is COc1cc(OC)c(/C=C2\SC(=O)NC2=O)cc1Br. The standard InChI is InChI=1S/C12H10BrNO4S/c1-17-8-5-9(18-2)7(13)3-6(8)4-10-11(15)14-12(16)19-10/h3-5H,1-2H3,(H,14,15,16)/b10-4-. The number of halogens is 1. The summed E-state index contributed by atoms with van der Waals surface area (Å²) < 4.78 is 11.1. The summed E-state index contributed by atoms with van der Waals surface area (Å²) in [4.78, 5) is 22.9. The Morgan fingerprint density at radius 1 is 1.21 bits per heavy atom. The van der Waals surface area contributed by atoms with E-state index in [2.05, 4.69) is 21.2 Å². The van der Waals surface area contributed by atoms with Crippen LogP contribution in [0.5, 0.6) is 11.5 Å². The molecule has 1 aromatic carbocycles. The number of hydrogen-bond donors (Lipinski definition) is 1. The summed E-state index contributed by atoms with van der Waals surface area (Å²) in [7, 11) is 3.08. The van der Waals surface area contributed by atoms with Crippen molar-refractivity contribution < 1.29 is 19.1 Å². The number of thioether (sulfide) groups is 1. The van der Waals surface area contributed by atoms with Crippen LogP contribution in [-0.4, -0.2) is 25.4 Å². The van der Waals surface area contributed by atoms with Crippen molar-refractivity contribution in [2.45, 2.75) is 0 Å². The van der Waals surface area contributed by atoms with E-state index in [1.165, 1.54) is 7.11 Å². The molecule has 1 saturated heterocycles. The van der Waals surface area contributed by atoms with Crippen LogP contribution in [0.25, 0.3) is 6.08 Å². The molecule has 0 bridgehead atoms. The van der Waals surface area contributed by atoms with E-state index in [0.29, 0.717) is 22.0 Å².